The minimum atomic E-state index is 0.115. The Labute approximate surface area is 107 Å². The molecule has 0 unspecified atom stereocenters. The summed E-state index contributed by atoms with van der Waals surface area (Å²) >= 11 is 0. The van der Waals surface area contributed by atoms with E-state index >= 15 is 0 Å². The Morgan fingerprint density at radius 3 is 2.44 bits per heavy atom. The Balaban J connectivity index is 2.07. The van der Waals surface area contributed by atoms with Gasteiger partial charge in [-0.2, -0.15) is 0 Å². The molecule has 18 heavy (non-hydrogen) atoms. The SMILES string of the molecule is CC1(C)c2ccccc2-c2cc3c(cc21)COC3. The van der Waals surface area contributed by atoms with Crippen LogP contribution in [0.4, 0.5) is 0 Å². The summed E-state index contributed by atoms with van der Waals surface area (Å²) in [6.07, 6.45) is 0. The maximum absolute atomic E-state index is 5.55. The molecule has 0 atom stereocenters. The van der Waals surface area contributed by atoms with E-state index < -0.39 is 0 Å². The number of hydrogen-bond acceptors (Lipinski definition) is 1. The molecule has 0 amide bonds. The molecule has 1 aliphatic heterocycles. The van der Waals surface area contributed by atoms with Crippen LogP contribution in [-0.2, 0) is 23.4 Å². The van der Waals surface area contributed by atoms with Crippen LogP contribution in [0.3, 0.4) is 0 Å². The zero-order valence-corrected chi connectivity index (χ0v) is 10.8. The third-order valence-electron chi connectivity index (χ3n) is 4.42. The van der Waals surface area contributed by atoms with Crippen LogP contribution in [0, 0.1) is 0 Å². The normalized spacial score (nSPS) is 18.3. The molecular formula is C17H16O. The van der Waals surface area contributed by atoms with E-state index in [0.29, 0.717) is 0 Å². The molecule has 0 spiro atoms. The van der Waals surface area contributed by atoms with Crippen molar-refractivity contribution in [2.45, 2.75) is 32.5 Å². The van der Waals surface area contributed by atoms with Gasteiger partial charge in [0.15, 0.2) is 0 Å². The van der Waals surface area contributed by atoms with Crippen molar-refractivity contribution in [2.24, 2.45) is 0 Å². The van der Waals surface area contributed by atoms with Crippen molar-refractivity contribution in [3.8, 4) is 11.1 Å². The van der Waals surface area contributed by atoms with Gasteiger partial charge in [-0.1, -0.05) is 44.2 Å². The second kappa shape index (κ2) is 3.24. The van der Waals surface area contributed by atoms with Crippen LogP contribution >= 0.6 is 0 Å². The molecule has 1 heterocycles. The molecule has 0 bridgehead atoms. The Kier molecular flexibility index (Phi) is 1.86. The lowest BCUT2D eigenvalue weighted by Crippen LogP contribution is -2.15. The van der Waals surface area contributed by atoms with E-state index in [1.54, 1.807) is 0 Å². The molecule has 90 valence electrons. The van der Waals surface area contributed by atoms with Crippen molar-refractivity contribution >= 4 is 0 Å². The summed E-state index contributed by atoms with van der Waals surface area (Å²) in [5.74, 6) is 0. The van der Waals surface area contributed by atoms with Gasteiger partial charge < -0.3 is 4.74 Å². The van der Waals surface area contributed by atoms with Crippen LogP contribution in [0.2, 0.25) is 0 Å². The highest BCUT2D eigenvalue weighted by atomic mass is 16.5. The average molecular weight is 236 g/mol. The molecule has 0 N–H and O–H groups in total. The standard InChI is InChI=1S/C17H16O/c1-17(2)15-6-4-3-5-13(15)14-7-11-9-18-10-12(11)8-16(14)17/h3-8H,9-10H2,1-2H3. The minimum absolute atomic E-state index is 0.115. The molecule has 2 aromatic carbocycles. The Hall–Kier alpha value is -1.60. The fourth-order valence-electron chi connectivity index (χ4n) is 3.38. The van der Waals surface area contributed by atoms with Crippen molar-refractivity contribution in [2.75, 3.05) is 0 Å². The van der Waals surface area contributed by atoms with E-state index in [1.807, 2.05) is 0 Å². The van der Waals surface area contributed by atoms with E-state index in [4.69, 9.17) is 4.74 Å². The molecule has 0 saturated heterocycles. The monoisotopic (exact) mass is 236 g/mol. The summed E-state index contributed by atoms with van der Waals surface area (Å²) in [7, 11) is 0. The van der Waals surface area contributed by atoms with Gasteiger partial charge in [0.1, 0.15) is 0 Å². The van der Waals surface area contributed by atoms with Gasteiger partial charge >= 0.3 is 0 Å². The van der Waals surface area contributed by atoms with Crippen molar-refractivity contribution < 1.29 is 4.74 Å². The van der Waals surface area contributed by atoms with Crippen molar-refractivity contribution in [3.05, 3.63) is 58.7 Å². The molecule has 1 heteroatoms. The van der Waals surface area contributed by atoms with Gasteiger partial charge in [-0.3, -0.25) is 0 Å². The van der Waals surface area contributed by atoms with E-state index in [9.17, 15) is 0 Å². The van der Waals surface area contributed by atoms with Crippen LogP contribution in [0.1, 0.15) is 36.1 Å². The largest absolute Gasteiger partial charge is 0.372 e. The van der Waals surface area contributed by atoms with Gasteiger partial charge in [0, 0.05) is 5.41 Å². The summed E-state index contributed by atoms with van der Waals surface area (Å²) < 4.78 is 5.55. The number of benzene rings is 2. The van der Waals surface area contributed by atoms with Gasteiger partial charge in [-0.15, -0.1) is 0 Å². The van der Waals surface area contributed by atoms with Gasteiger partial charge in [-0.05, 0) is 39.4 Å². The summed E-state index contributed by atoms with van der Waals surface area (Å²) in [4.78, 5) is 0. The highest BCUT2D eigenvalue weighted by molar-refractivity contribution is 5.81. The van der Waals surface area contributed by atoms with Crippen molar-refractivity contribution in [3.63, 3.8) is 0 Å². The maximum atomic E-state index is 5.55. The molecule has 0 saturated carbocycles. The van der Waals surface area contributed by atoms with Crippen LogP contribution in [0.15, 0.2) is 36.4 Å². The predicted octanol–water partition coefficient (Wildman–Crippen LogP) is 4.02. The summed E-state index contributed by atoms with van der Waals surface area (Å²) in [5, 5.41) is 0. The first-order valence-corrected chi connectivity index (χ1v) is 6.52. The molecule has 1 aliphatic carbocycles. The molecule has 2 aromatic rings. The second-order valence-corrected chi connectivity index (χ2v) is 5.83. The number of hydrogen-bond donors (Lipinski definition) is 0. The Bertz CT molecular complexity index is 653. The number of rotatable bonds is 0. The topological polar surface area (TPSA) is 9.23 Å². The van der Waals surface area contributed by atoms with E-state index in [2.05, 4.69) is 50.2 Å². The molecule has 2 aliphatic rings. The van der Waals surface area contributed by atoms with E-state index in [0.717, 1.165) is 13.2 Å². The number of ether oxygens (including phenoxy) is 1. The third kappa shape index (κ3) is 1.15. The van der Waals surface area contributed by atoms with Crippen molar-refractivity contribution in [1.82, 2.24) is 0 Å². The summed E-state index contributed by atoms with van der Waals surface area (Å²) in [6, 6.07) is 13.5. The smallest absolute Gasteiger partial charge is 0.0725 e. The molecule has 1 nitrogen and oxygen atoms in total. The van der Waals surface area contributed by atoms with E-state index in [1.165, 1.54) is 33.4 Å². The van der Waals surface area contributed by atoms with Gasteiger partial charge in [0.2, 0.25) is 0 Å². The molecule has 0 aromatic heterocycles. The predicted molar refractivity (Wildman–Crippen MR) is 72.5 cm³/mol. The van der Waals surface area contributed by atoms with Gasteiger partial charge in [0.05, 0.1) is 13.2 Å². The van der Waals surface area contributed by atoms with Crippen LogP contribution < -0.4 is 0 Å². The summed E-state index contributed by atoms with van der Waals surface area (Å²) in [6.45, 7) is 6.18. The summed E-state index contributed by atoms with van der Waals surface area (Å²) in [5.41, 5.74) is 8.55. The number of fused-ring (bicyclic) bond motifs is 4. The van der Waals surface area contributed by atoms with Crippen LogP contribution in [0.5, 0.6) is 0 Å². The lowest BCUT2D eigenvalue weighted by molar-refractivity contribution is 0.134. The highest BCUT2D eigenvalue weighted by Crippen LogP contribution is 2.49. The van der Waals surface area contributed by atoms with Crippen molar-refractivity contribution in [1.29, 1.82) is 0 Å². The molecule has 0 radical (unpaired) electrons. The lowest BCUT2D eigenvalue weighted by Gasteiger charge is -2.21. The fraction of sp³-hybridized carbons (Fsp3) is 0.294. The molecule has 4 rings (SSSR count). The molecular weight excluding hydrogens is 220 g/mol. The third-order valence-corrected chi connectivity index (χ3v) is 4.42. The minimum Gasteiger partial charge on any atom is -0.372 e. The lowest BCUT2D eigenvalue weighted by atomic mass is 9.82. The highest BCUT2D eigenvalue weighted by Gasteiger charge is 2.36. The Morgan fingerprint density at radius 2 is 1.61 bits per heavy atom. The first kappa shape index (κ1) is 10.3. The zero-order valence-electron chi connectivity index (χ0n) is 10.8. The fourth-order valence-corrected chi connectivity index (χ4v) is 3.38. The quantitative estimate of drug-likeness (QED) is 0.671. The van der Waals surface area contributed by atoms with E-state index in [-0.39, 0.29) is 5.41 Å². The van der Waals surface area contributed by atoms with Crippen LogP contribution in [-0.4, -0.2) is 0 Å². The zero-order chi connectivity index (χ0) is 12.3. The maximum Gasteiger partial charge on any atom is 0.0725 e. The first-order chi connectivity index (χ1) is 8.68. The Morgan fingerprint density at radius 1 is 0.889 bits per heavy atom. The van der Waals surface area contributed by atoms with Gasteiger partial charge in [0.25, 0.3) is 0 Å². The average Bonchev–Trinajstić information content (AvgIpc) is 2.91. The van der Waals surface area contributed by atoms with Crippen LogP contribution in [0.25, 0.3) is 11.1 Å². The first-order valence-electron chi connectivity index (χ1n) is 6.52. The van der Waals surface area contributed by atoms with Gasteiger partial charge in [-0.25, -0.2) is 0 Å². The second-order valence-electron chi connectivity index (χ2n) is 5.83. The molecule has 0 fully saturated rings.